The van der Waals surface area contributed by atoms with Gasteiger partial charge in [-0.1, -0.05) is 187 Å². The molecule has 0 spiro atoms. The van der Waals surface area contributed by atoms with Gasteiger partial charge in [-0.25, -0.2) is 0 Å². The van der Waals surface area contributed by atoms with Gasteiger partial charge < -0.3 is 0 Å². The summed E-state index contributed by atoms with van der Waals surface area (Å²) < 4.78 is 0. The molecule has 5 aromatic carbocycles. The third kappa shape index (κ3) is 6.58. The van der Waals surface area contributed by atoms with Crippen molar-refractivity contribution in [2.24, 2.45) is 0 Å². The van der Waals surface area contributed by atoms with Gasteiger partial charge in [0.1, 0.15) is 0 Å². The lowest BCUT2D eigenvalue weighted by atomic mass is 10.4. The van der Waals surface area contributed by atoms with Gasteiger partial charge in [0.25, 0.3) is 0 Å². The summed E-state index contributed by atoms with van der Waals surface area (Å²) in [6, 6.07) is 47.6. The lowest BCUT2D eigenvalue weighted by Crippen LogP contribution is -2.24. The van der Waals surface area contributed by atoms with Gasteiger partial charge in [-0.05, 0) is 57.2 Å². The van der Waals surface area contributed by atoms with Gasteiger partial charge in [-0.3, -0.25) is 0 Å². The van der Waals surface area contributed by atoms with Crippen LogP contribution in [0.15, 0.2) is 152 Å². The van der Waals surface area contributed by atoms with Crippen molar-refractivity contribution in [3.8, 4) is 0 Å². The zero-order chi connectivity index (χ0) is 27.9. The molecule has 6 heteroatoms. The lowest BCUT2D eigenvalue weighted by molar-refractivity contribution is 1.42. The van der Waals surface area contributed by atoms with Crippen LogP contribution in [0.1, 0.15) is 0 Å². The fraction of sp³-hybridized carbons (Fsp3) is 0.118. The first kappa shape index (κ1) is 29.5. The van der Waals surface area contributed by atoms with Crippen molar-refractivity contribution in [3.05, 3.63) is 152 Å². The van der Waals surface area contributed by atoms with Crippen LogP contribution in [-0.2, 0) is 35.4 Å². The Balaban J connectivity index is 1.52. The van der Waals surface area contributed by atoms with Crippen LogP contribution in [0.2, 0.25) is 0 Å². The van der Waals surface area contributed by atoms with Gasteiger partial charge in [0.05, 0.1) is 0 Å². The molecule has 0 aliphatic rings. The molecule has 0 saturated carbocycles. The molecule has 0 bridgehead atoms. The highest BCUT2D eigenvalue weighted by Crippen LogP contribution is 2.55. The zero-order valence-corrected chi connectivity index (χ0v) is 27.5. The molecule has 0 aliphatic heterocycles. The smallest absolute Gasteiger partial charge is 0.0109 e. The fourth-order valence-electron chi connectivity index (χ4n) is 5.16. The fourth-order valence-corrected chi connectivity index (χ4v) is 20.5. The van der Waals surface area contributed by atoms with Gasteiger partial charge >= 0.3 is 0 Å². The van der Waals surface area contributed by atoms with Crippen molar-refractivity contribution >= 4 is 80.1 Å². The summed E-state index contributed by atoms with van der Waals surface area (Å²) in [6.07, 6.45) is 3.71. The highest BCUT2D eigenvalue weighted by Gasteiger charge is 2.30. The largest absolute Gasteiger partial charge is 0.0925 e. The molecule has 0 aromatic heterocycles. The van der Waals surface area contributed by atoms with Crippen LogP contribution in [0.3, 0.4) is 0 Å². The standard InChI is InChI=1S/C34H33P3S3/c38-35(30-16-6-1-7-17-30,26-28-36(39,31-18-8-2-9-19-31)32-20-10-3-11-21-32)27-29-37(40,33-22-12-4-13-23-33)34-24-14-5-15-25-34/h1-25H,26-29H2. The molecule has 0 fully saturated rings. The predicted octanol–water partition coefficient (Wildman–Crippen LogP) is 7.05. The first-order valence-corrected chi connectivity index (χ1v) is 22.6. The monoisotopic (exact) mass is 630 g/mol. The summed E-state index contributed by atoms with van der Waals surface area (Å²) in [7, 11) is 0. The lowest BCUT2D eigenvalue weighted by Gasteiger charge is -2.31. The van der Waals surface area contributed by atoms with E-state index in [0.717, 1.165) is 24.6 Å². The van der Waals surface area contributed by atoms with Crippen molar-refractivity contribution < 1.29 is 0 Å². The molecule has 5 rings (SSSR count). The second kappa shape index (κ2) is 13.4. The molecule has 0 N–H and O–H groups in total. The summed E-state index contributed by atoms with van der Waals surface area (Å²) >= 11 is 20.0. The highest BCUT2D eigenvalue weighted by atomic mass is 32.4. The maximum atomic E-state index is 6.76. The van der Waals surface area contributed by atoms with Crippen LogP contribution in [0.5, 0.6) is 0 Å². The van der Waals surface area contributed by atoms with Gasteiger partial charge in [-0.2, -0.15) is 0 Å². The SMILES string of the molecule is S=P(CCP(=S)(c1ccccc1)c1ccccc1)(CCP(=S)(c1ccccc1)c1ccccc1)c1ccccc1. The van der Waals surface area contributed by atoms with E-state index in [1.807, 2.05) is 0 Å². The molecule has 0 radical (unpaired) electrons. The number of benzene rings is 5. The molecule has 202 valence electrons. The first-order chi connectivity index (χ1) is 19.4. The Labute approximate surface area is 254 Å². The molecule has 0 nitrogen and oxygen atoms in total. The van der Waals surface area contributed by atoms with E-state index >= 15 is 0 Å². The van der Waals surface area contributed by atoms with Crippen LogP contribution in [-0.4, -0.2) is 24.6 Å². The van der Waals surface area contributed by atoms with Crippen LogP contribution in [0.25, 0.3) is 0 Å². The topological polar surface area (TPSA) is 0 Å². The van der Waals surface area contributed by atoms with Gasteiger partial charge in [0, 0.05) is 12.1 Å². The van der Waals surface area contributed by atoms with Crippen LogP contribution < -0.4 is 26.5 Å². The molecule has 5 aromatic rings. The summed E-state index contributed by atoms with van der Waals surface area (Å²) in [5.41, 5.74) is 0. The van der Waals surface area contributed by atoms with Crippen LogP contribution in [0, 0.1) is 0 Å². The Morgan fingerprint density at radius 2 is 0.525 bits per heavy atom. The molecule has 0 unspecified atom stereocenters. The predicted molar refractivity (Wildman–Crippen MR) is 193 cm³/mol. The number of hydrogen-bond acceptors (Lipinski definition) is 3. The van der Waals surface area contributed by atoms with Crippen molar-refractivity contribution in [2.45, 2.75) is 0 Å². The van der Waals surface area contributed by atoms with E-state index in [-0.39, 0.29) is 0 Å². The summed E-state index contributed by atoms with van der Waals surface area (Å²) in [5.74, 6) is 0. The Bertz CT molecular complexity index is 1470. The Morgan fingerprint density at radius 3 is 0.775 bits per heavy atom. The Hall–Kier alpha value is -1.95. The molecule has 0 heterocycles. The van der Waals surface area contributed by atoms with Crippen molar-refractivity contribution in [1.82, 2.24) is 0 Å². The summed E-state index contributed by atoms with van der Waals surface area (Å²) in [6.45, 7) is 0. The third-order valence-corrected chi connectivity index (χ3v) is 22.9. The van der Waals surface area contributed by atoms with E-state index < -0.39 is 18.1 Å². The van der Waals surface area contributed by atoms with E-state index in [1.165, 1.54) is 26.5 Å². The maximum absolute atomic E-state index is 6.76. The minimum atomic E-state index is -2.04. The highest BCUT2D eigenvalue weighted by molar-refractivity contribution is 8.24. The van der Waals surface area contributed by atoms with Crippen molar-refractivity contribution in [1.29, 1.82) is 0 Å². The van der Waals surface area contributed by atoms with E-state index in [1.54, 1.807) is 0 Å². The zero-order valence-electron chi connectivity index (χ0n) is 22.3. The summed E-state index contributed by atoms with van der Waals surface area (Å²) in [4.78, 5) is 0. The first-order valence-electron chi connectivity index (χ1n) is 13.5. The summed E-state index contributed by atoms with van der Waals surface area (Å²) in [5, 5.41) is 6.37. The molecule has 40 heavy (non-hydrogen) atoms. The quantitative estimate of drug-likeness (QED) is 0.144. The van der Waals surface area contributed by atoms with Gasteiger partial charge in [0.15, 0.2) is 0 Å². The van der Waals surface area contributed by atoms with Gasteiger partial charge in [0.2, 0.25) is 0 Å². The molecular formula is C34H33P3S3. The minimum absolute atomic E-state index is 0.919. The molecular weight excluding hydrogens is 597 g/mol. The van der Waals surface area contributed by atoms with Crippen molar-refractivity contribution in [2.75, 3.05) is 24.6 Å². The second-order valence-electron chi connectivity index (χ2n) is 9.94. The van der Waals surface area contributed by atoms with E-state index in [2.05, 4.69) is 152 Å². The Kier molecular flexibility index (Phi) is 9.86. The third-order valence-electron chi connectivity index (χ3n) is 7.47. The van der Waals surface area contributed by atoms with E-state index in [4.69, 9.17) is 35.4 Å². The van der Waals surface area contributed by atoms with E-state index in [9.17, 15) is 0 Å². The molecule has 0 amide bonds. The molecule has 0 aliphatic carbocycles. The number of hydrogen-bond donors (Lipinski definition) is 0. The normalized spacial score (nSPS) is 12.2. The average Bonchev–Trinajstić information content (AvgIpc) is 3.04. The maximum Gasteiger partial charge on any atom is 0.0109 e. The van der Waals surface area contributed by atoms with E-state index in [0.29, 0.717) is 0 Å². The molecule has 0 atom stereocenters. The Morgan fingerprint density at radius 1 is 0.300 bits per heavy atom. The average molecular weight is 631 g/mol. The number of rotatable bonds is 11. The van der Waals surface area contributed by atoms with Gasteiger partial charge in [-0.15, -0.1) is 0 Å². The van der Waals surface area contributed by atoms with Crippen LogP contribution in [0.4, 0.5) is 0 Å². The van der Waals surface area contributed by atoms with Crippen LogP contribution >= 0.6 is 18.1 Å². The molecule has 0 saturated heterocycles. The second-order valence-corrected chi connectivity index (χ2v) is 24.9. The van der Waals surface area contributed by atoms with Crippen molar-refractivity contribution in [3.63, 3.8) is 0 Å². The minimum Gasteiger partial charge on any atom is -0.0925 e.